The standard InChI is InChI=1S/C21H23N5O3S2/c1-3-29-20(28)17-13-8-4-5-10-15(13)31-19(17)23-16(27)12-30-21-25-24-18(26(21)2)14-9-6-7-11-22-14/h6-7,9,11H,3-5,8,10,12H2,1-2H3,(H,23,27). The van der Waals surface area contributed by atoms with Crippen LogP contribution in [0.2, 0.25) is 0 Å². The number of aromatic nitrogens is 4. The Balaban J connectivity index is 1.46. The van der Waals surface area contributed by atoms with Gasteiger partial charge in [-0.1, -0.05) is 17.8 Å². The molecule has 0 fully saturated rings. The highest BCUT2D eigenvalue weighted by Gasteiger charge is 2.27. The number of rotatable bonds is 7. The third-order valence-corrected chi connectivity index (χ3v) is 7.19. The van der Waals surface area contributed by atoms with E-state index in [4.69, 9.17) is 4.74 Å². The third kappa shape index (κ3) is 4.64. The maximum atomic E-state index is 12.7. The van der Waals surface area contributed by atoms with E-state index in [-0.39, 0.29) is 17.6 Å². The van der Waals surface area contributed by atoms with Crippen molar-refractivity contribution in [1.29, 1.82) is 0 Å². The Bertz CT molecular complexity index is 1090. The number of carbonyl (C=O) groups is 2. The molecule has 0 aliphatic heterocycles. The van der Waals surface area contributed by atoms with E-state index in [0.29, 0.717) is 28.2 Å². The molecule has 0 saturated carbocycles. The molecule has 1 aliphatic carbocycles. The molecular formula is C21H23N5O3S2. The summed E-state index contributed by atoms with van der Waals surface area (Å²) < 4.78 is 7.06. The number of thiophene rings is 1. The molecule has 3 aromatic rings. The van der Waals surface area contributed by atoms with Crippen molar-refractivity contribution < 1.29 is 14.3 Å². The lowest BCUT2D eigenvalue weighted by Crippen LogP contribution is -2.17. The minimum atomic E-state index is -0.363. The van der Waals surface area contributed by atoms with E-state index in [1.807, 2.05) is 29.8 Å². The topological polar surface area (TPSA) is 99.0 Å². The lowest BCUT2D eigenvalue weighted by Gasteiger charge is -2.12. The molecule has 0 radical (unpaired) electrons. The van der Waals surface area contributed by atoms with Crippen molar-refractivity contribution in [3.05, 3.63) is 40.4 Å². The van der Waals surface area contributed by atoms with Crippen LogP contribution in [0.4, 0.5) is 5.00 Å². The lowest BCUT2D eigenvalue weighted by molar-refractivity contribution is -0.113. The largest absolute Gasteiger partial charge is 0.462 e. The summed E-state index contributed by atoms with van der Waals surface area (Å²) in [7, 11) is 1.84. The molecule has 3 heterocycles. The maximum Gasteiger partial charge on any atom is 0.341 e. The van der Waals surface area contributed by atoms with Gasteiger partial charge in [-0.25, -0.2) is 4.79 Å². The molecule has 1 amide bonds. The second-order valence-electron chi connectivity index (χ2n) is 7.05. The molecule has 0 bridgehead atoms. The molecule has 0 unspecified atom stereocenters. The molecule has 10 heteroatoms. The monoisotopic (exact) mass is 457 g/mol. The number of aryl methyl sites for hydroxylation is 1. The lowest BCUT2D eigenvalue weighted by atomic mass is 9.95. The van der Waals surface area contributed by atoms with Gasteiger partial charge in [-0.15, -0.1) is 21.5 Å². The van der Waals surface area contributed by atoms with Gasteiger partial charge in [-0.3, -0.25) is 9.78 Å². The summed E-state index contributed by atoms with van der Waals surface area (Å²) in [5, 5.41) is 12.5. The van der Waals surface area contributed by atoms with Gasteiger partial charge < -0.3 is 14.6 Å². The Morgan fingerprint density at radius 3 is 2.87 bits per heavy atom. The first-order valence-corrected chi connectivity index (χ1v) is 11.9. The van der Waals surface area contributed by atoms with E-state index >= 15 is 0 Å². The number of pyridine rings is 1. The van der Waals surface area contributed by atoms with Crippen LogP contribution in [0.5, 0.6) is 0 Å². The Morgan fingerprint density at radius 2 is 2.10 bits per heavy atom. The van der Waals surface area contributed by atoms with Crippen LogP contribution in [0.25, 0.3) is 11.5 Å². The molecule has 0 saturated heterocycles. The first kappa shape index (κ1) is 21.5. The van der Waals surface area contributed by atoms with Gasteiger partial charge in [-0.2, -0.15) is 0 Å². The number of nitrogens with zero attached hydrogens (tertiary/aromatic N) is 4. The van der Waals surface area contributed by atoms with E-state index in [1.165, 1.54) is 28.0 Å². The highest BCUT2D eigenvalue weighted by atomic mass is 32.2. The van der Waals surface area contributed by atoms with Crippen LogP contribution >= 0.6 is 23.1 Å². The summed E-state index contributed by atoms with van der Waals surface area (Å²) in [5.41, 5.74) is 2.28. The van der Waals surface area contributed by atoms with Gasteiger partial charge in [0.05, 0.1) is 17.9 Å². The predicted octanol–water partition coefficient (Wildman–Crippen LogP) is 3.72. The van der Waals surface area contributed by atoms with Crippen LogP contribution < -0.4 is 5.32 Å². The van der Waals surface area contributed by atoms with Gasteiger partial charge in [0.1, 0.15) is 10.7 Å². The fourth-order valence-corrected chi connectivity index (χ4v) is 5.53. The molecule has 0 aromatic carbocycles. The summed E-state index contributed by atoms with van der Waals surface area (Å²) in [6, 6.07) is 5.59. The van der Waals surface area contributed by atoms with Gasteiger partial charge in [0.15, 0.2) is 11.0 Å². The van der Waals surface area contributed by atoms with Gasteiger partial charge in [0.2, 0.25) is 5.91 Å². The Morgan fingerprint density at radius 1 is 1.26 bits per heavy atom. The van der Waals surface area contributed by atoms with Gasteiger partial charge in [-0.05, 0) is 50.3 Å². The van der Waals surface area contributed by atoms with Crippen LogP contribution in [0.1, 0.15) is 40.6 Å². The molecule has 0 atom stereocenters. The molecule has 1 N–H and O–H groups in total. The molecule has 31 heavy (non-hydrogen) atoms. The molecule has 162 valence electrons. The number of esters is 1. The minimum Gasteiger partial charge on any atom is -0.462 e. The number of ether oxygens (including phenoxy) is 1. The zero-order chi connectivity index (χ0) is 21.8. The Kier molecular flexibility index (Phi) is 6.67. The van der Waals surface area contributed by atoms with E-state index in [0.717, 1.165) is 36.9 Å². The second kappa shape index (κ2) is 9.61. The number of fused-ring (bicyclic) bond motifs is 1. The van der Waals surface area contributed by atoms with E-state index in [9.17, 15) is 9.59 Å². The number of nitrogens with one attached hydrogen (secondary N) is 1. The summed E-state index contributed by atoms with van der Waals surface area (Å²) in [6.07, 6.45) is 5.63. The van der Waals surface area contributed by atoms with Gasteiger partial charge >= 0.3 is 5.97 Å². The van der Waals surface area contributed by atoms with Crippen molar-refractivity contribution in [3.63, 3.8) is 0 Å². The molecule has 4 rings (SSSR count). The maximum absolute atomic E-state index is 12.7. The number of anilines is 1. The average Bonchev–Trinajstić information content (AvgIpc) is 3.32. The van der Waals surface area contributed by atoms with Crippen molar-refractivity contribution >= 4 is 40.0 Å². The predicted molar refractivity (Wildman–Crippen MR) is 121 cm³/mol. The zero-order valence-corrected chi connectivity index (χ0v) is 19.0. The average molecular weight is 458 g/mol. The van der Waals surface area contributed by atoms with Crippen LogP contribution in [-0.4, -0.2) is 44.0 Å². The van der Waals surface area contributed by atoms with E-state index in [1.54, 1.807) is 13.1 Å². The normalized spacial score (nSPS) is 13.0. The third-order valence-electron chi connectivity index (χ3n) is 4.97. The van der Waals surface area contributed by atoms with Crippen molar-refractivity contribution in [3.8, 4) is 11.5 Å². The molecular weight excluding hydrogens is 434 g/mol. The van der Waals surface area contributed by atoms with E-state index in [2.05, 4.69) is 20.5 Å². The number of thioether (sulfide) groups is 1. The van der Waals surface area contributed by atoms with Crippen LogP contribution in [-0.2, 0) is 29.4 Å². The summed E-state index contributed by atoms with van der Waals surface area (Å²) in [6.45, 7) is 2.09. The Hall–Kier alpha value is -2.72. The summed E-state index contributed by atoms with van der Waals surface area (Å²) in [5.74, 6) is 0.229. The van der Waals surface area contributed by atoms with Gasteiger partial charge in [0.25, 0.3) is 0 Å². The number of hydrogen-bond donors (Lipinski definition) is 1. The first-order chi connectivity index (χ1) is 15.1. The van der Waals surface area contributed by atoms with Crippen molar-refractivity contribution in [1.82, 2.24) is 19.7 Å². The quantitative estimate of drug-likeness (QED) is 0.426. The fraction of sp³-hybridized carbons (Fsp3) is 0.381. The zero-order valence-electron chi connectivity index (χ0n) is 17.4. The van der Waals surface area contributed by atoms with Gasteiger partial charge in [0, 0.05) is 18.1 Å². The van der Waals surface area contributed by atoms with E-state index < -0.39 is 0 Å². The summed E-state index contributed by atoms with van der Waals surface area (Å²) in [4.78, 5) is 30.7. The van der Waals surface area contributed by atoms with Crippen LogP contribution in [0.3, 0.4) is 0 Å². The highest BCUT2D eigenvalue weighted by Crippen LogP contribution is 2.38. The Labute approximate surface area is 188 Å². The highest BCUT2D eigenvalue weighted by molar-refractivity contribution is 7.99. The van der Waals surface area contributed by atoms with Crippen molar-refractivity contribution in [2.24, 2.45) is 7.05 Å². The molecule has 3 aromatic heterocycles. The minimum absolute atomic E-state index is 0.152. The second-order valence-corrected chi connectivity index (χ2v) is 9.10. The number of hydrogen-bond acceptors (Lipinski definition) is 8. The number of carbonyl (C=O) groups excluding carboxylic acids is 2. The number of amides is 1. The van der Waals surface area contributed by atoms with Crippen molar-refractivity contribution in [2.75, 3.05) is 17.7 Å². The first-order valence-electron chi connectivity index (χ1n) is 10.1. The van der Waals surface area contributed by atoms with Crippen LogP contribution in [0, 0.1) is 0 Å². The van der Waals surface area contributed by atoms with Crippen molar-refractivity contribution in [2.45, 2.75) is 37.8 Å². The fourth-order valence-electron chi connectivity index (χ4n) is 3.52. The molecule has 0 spiro atoms. The van der Waals surface area contributed by atoms with Crippen LogP contribution in [0.15, 0.2) is 29.6 Å². The summed E-state index contributed by atoms with van der Waals surface area (Å²) >= 11 is 2.77. The molecule has 8 nitrogen and oxygen atoms in total. The molecule has 1 aliphatic rings. The smallest absolute Gasteiger partial charge is 0.341 e. The SMILES string of the molecule is CCOC(=O)c1c(NC(=O)CSc2nnc(-c3ccccn3)n2C)sc2c1CCCC2.